The third-order valence-corrected chi connectivity index (χ3v) is 6.33. The van der Waals surface area contributed by atoms with Crippen molar-refractivity contribution in [1.29, 1.82) is 0 Å². The fourth-order valence-electron chi connectivity index (χ4n) is 3.96. The van der Waals surface area contributed by atoms with E-state index >= 15 is 4.39 Å². The number of alkyl halides is 2. The lowest BCUT2D eigenvalue weighted by Gasteiger charge is -2.23. The van der Waals surface area contributed by atoms with E-state index in [0.717, 1.165) is 6.07 Å². The van der Waals surface area contributed by atoms with Crippen molar-refractivity contribution in [3.05, 3.63) is 94.1 Å². The number of rotatable bonds is 6. The smallest absolute Gasteiger partial charge is 0.262 e. The number of pyridine rings is 1. The molecule has 0 aliphatic heterocycles. The van der Waals surface area contributed by atoms with Gasteiger partial charge in [-0.3, -0.25) is 0 Å². The van der Waals surface area contributed by atoms with E-state index in [-0.39, 0.29) is 32.9 Å². The van der Waals surface area contributed by atoms with Gasteiger partial charge in [-0.25, -0.2) is 22.5 Å². The Morgan fingerprint density at radius 1 is 0.943 bits per heavy atom. The van der Waals surface area contributed by atoms with Crippen molar-refractivity contribution in [3.8, 4) is 11.1 Å². The number of benzene rings is 3. The van der Waals surface area contributed by atoms with Crippen LogP contribution in [0.3, 0.4) is 0 Å². The van der Waals surface area contributed by atoms with Crippen LogP contribution in [0.5, 0.6) is 0 Å². The molecular formula is C27H23ClF4N2O. The highest BCUT2D eigenvalue weighted by Crippen LogP contribution is 2.39. The van der Waals surface area contributed by atoms with Gasteiger partial charge in [0.2, 0.25) is 0 Å². The van der Waals surface area contributed by atoms with Crippen LogP contribution in [0, 0.1) is 18.6 Å². The van der Waals surface area contributed by atoms with Crippen molar-refractivity contribution >= 4 is 28.2 Å². The molecule has 0 unspecified atom stereocenters. The molecule has 0 spiro atoms. The number of aliphatic hydroxyl groups is 1. The summed E-state index contributed by atoms with van der Waals surface area (Å²) in [6, 6.07) is 13.3. The Labute approximate surface area is 205 Å². The third-order valence-electron chi connectivity index (χ3n) is 5.87. The number of anilines is 1. The lowest BCUT2D eigenvalue weighted by atomic mass is 9.95. The summed E-state index contributed by atoms with van der Waals surface area (Å²) in [5.74, 6) is -1.46. The molecule has 0 fully saturated rings. The van der Waals surface area contributed by atoms with E-state index < -0.39 is 29.7 Å². The van der Waals surface area contributed by atoms with Crippen molar-refractivity contribution in [2.45, 2.75) is 38.8 Å². The molecule has 0 aliphatic rings. The van der Waals surface area contributed by atoms with Gasteiger partial charge < -0.3 is 10.4 Å². The molecule has 3 nitrogen and oxygen atoms in total. The van der Waals surface area contributed by atoms with E-state index in [9.17, 15) is 18.3 Å². The second-order valence-corrected chi connectivity index (χ2v) is 9.23. The van der Waals surface area contributed by atoms with Crippen LogP contribution in [0.25, 0.3) is 22.0 Å². The highest BCUT2D eigenvalue weighted by atomic mass is 35.5. The van der Waals surface area contributed by atoms with Gasteiger partial charge in [-0.1, -0.05) is 54.1 Å². The molecule has 0 radical (unpaired) electrons. The summed E-state index contributed by atoms with van der Waals surface area (Å²) in [5.41, 5.74) is 0.724. The zero-order valence-electron chi connectivity index (χ0n) is 19.2. The van der Waals surface area contributed by atoms with Crippen molar-refractivity contribution in [2.24, 2.45) is 0 Å². The molecule has 0 saturated carbocycles. The van der Waals surface area contributed by atoms with Crippen molar-refractivity contribution in [2.75, 3.05) is 5.32 Å². The molecule has 1 aromatic heterocycles. The number of nitrogens with one attached hydrogen (secondary N) is 1. The Morgan fingerprint density at radius 2 is 1.60 bits per heavy atom. The van der Waals surface area contributed by atoms with E-state index in [4.69, 9.17) is 11.6 Å². The van der Waals surface area contributed by atoms with Crippen molar-refractivity contribution < 1.29 is 22.7 Å². The molecule has 1 heterocycles. The van der Waals surface area contributed by atoms with E-state index in [1.54, 1.807) is 44.2 Å². The monoisotopic (exact) mass is 502 g/mol. The molecular weight excluding hydrogens is 480 g/mol. The van der Waals surface area contributed by atoms with Gasteiger partial charge in [-0.15, -0.1) is 0 Å². The summed E-state index contributed by atoms with van der Waals surface area (Å²) in [6.07, 6.45) is -2.98. The molecule has 3 aromatic carbocycles. The van der Waals surface area contributed by atoms with Crippen LogP contribution < -0.4 is 5.32 Å². The minimum Gasteiger partial charge on any atom is -0.386 e. The number of fused-ring (bicyclic) bond motifs is 1. The van der Waals surface area contributed by atoms with E-state index in [1.807, 2.05) is 0 Å². The summed E-state index contributed by atoms with van der Waals surface area (Å²) >= 11 is 6.46. The van der Waals surface area contributed by atoms with Gasteiger partial charge in [-0.05, 0) is 55.7 Å². The Bertz CT molecular complexity index is 1390. The normalized spacial score (nSPS) is 12.9. The highest BCUT2D eigenvalue weighted by molar-refractivity contribution is 6.35. The maximum atomic E-state index is 15.2. The molecule has 0 aliphatic carbocycles. The van der Waals surface area contributed by atoms with Crippen LogP contribution in [0.1, 0.15) is 36.7 Å². The fraction of sp³-hybridized carbons (Fsp3) is 0.222. The number of halogens is 5. The Balaban J connectivity index is 1.88. The van der Waals surface area contributed by atoms with Gasteiger partial charge in [0.25, 0.3) is 6.43 Å². The van der Waals surface area contributed by atoms with Crippen LogP contribution in [-0.2, 0) is 5.60 Å². The lowest BCUT2D eigenvalue weighted by Crippen LogP contribution is -2.21. The van der Waals surface area contributed by atoms with E-state index in [1.165, 1.54) is 31.2 Å². The van der Waals surface area contributed by atoms with Crippen LogP contribution >= 0.6 is 11.6 Å². The van der Waals surface area contributed by atoms with E-state index in [0.29, 0.717) is 16.7 Å². The van der Waals surface area contributed by atoms with Gasteiger partial charge in [-0.2, -0.15) is 0 Å². The molecule has 8 heteroatoms. The average Bonchev–Trinajstić information content (AvgIpc) is 2.80. The van der Waals surface area contributed by atoms with Crippen LogP contribution in [0.15, 0.2) is 60.7 Å². The summed E-state index contributed by atoms with van der Waals surface area (Å²) < 4.78 is 57.7. The predicted octanol–water partition coefficient (Wildman–Crippen LogP) is 7.79. The quantitative estimate of drug-likeness (QED) is 0.264. The first-order valence-corrected chi connectivity index (χ1v) is 11.3. The molecule has 0 saturated heterocycles. The summed E-state index contributed by atoms with van der Waals surface area (Å²) in [6.45, 7) is 4.84. The van der Waals surface area contributed by atoms with Gasteiger partial charge in [0, 0.05) is 10.9 Å². The van der Waals surface area contributed by atoms with Gasteiger partial charge in [0.1, 0.15) is 23.2 Å². The largest absolute Gasteiger partial charge is 0.386 e. The third kappa shape index (κ3) is 4.97. The Hall–Kier alpha value is -3.16. The topological polar surface area (TPSA) is 45.2 Å². The van der Waals surface area contributed by atoms with E-state index in [2.05, 4.69) is 10.3 Å². The fourth-order valence-corrected chi connectivity index (χ4v) is 4.16. The standard InChI is InChI=1S/C27H23ClF4N2O/c1-14-22(28)24(34-25(26(31)32)18-6-4-5-7-20(18)29)19-12-16(13-21(30)23(19)33-14)15-8-10-17(11-9-15)27(2,3)35/h4-13,25-26,35H,1-3H3,(H,33,34)/t25-/m0/s1. The maximum absolute atomic E-state index is 15.2. The van der Waals surface area contributed by atoms with Crippen LogP contribution in [-0.4, -0.2) is 16.5 Å². The minimum absolute atomic E-state index is 0.0356. The first-order valence-electron chi connectivity index (χ1n) is 10.9. The zero-order chi connectivity index (χ0) is 25.5. The summed E-state index contributed by atoms with van der Waals surface area (Å²) in [7, 11) is 0. The number of hydrogen-bond acceptors (Lipinski definition) is 3. The number of aryl methyl sites for hydroxylation is 1. The number of aromatic nitrogens is 1. The molecule has 1 atom stereocenters. The minimum atomic E-state index is -2.98. The molecule has 182 valence electrons. The van der Waals surface area contributed by atoms with Gasteiger partial charge in [0.05, 0.1) is 22.0 Å². The average molecular weight is 503 g/mol. The van der Waals surface area contributed by atoms with Crippen molar-refractivity contribution in [3.63, 3.8) is 0 Å². The Morgan fingerprint density at radius 3 is 2.20 bits per heavy atom. The zero-order valence-corrected chi connectivity index (χ0v) is 20.0. The second kappa shape index (κ2) is 9.47. The first-order chi connectivity index (χ1) is 16.5. The number of hydrogen-bond donors (Lipinski definition) is 2. The first kappa shape index (κ1) is 24.9. The predicted molar refractivity (Wildman–Crippen MR) is 131 cm³/mol. The second-order valence-electron chi connectivity index (χ2n) is 8.85. The lowest BCUT2D eigenvalue weighted by molar-refractivity contribution is 0.0786. The molecule has 2 N–H and O–H groups in total. The summed E-state index contributed by atoms with van der Waals surface area (Å²) in [5, 5.41) is 13.1. The van der Waals surface area contributed by atoms with Crippen molar-refractivity contribution in [1.82, 2.24) is 4.98 Å². The molecule has 0 amide bonds. The highest BCUT2D eigenvalue weighted by Gasteiger charge is 2.28. The summed E-state index contributed by atoms with van der Waals surface area (Å²) in [4.78, 5) is 4.22. The van der Waals surface area contributed by atoms with Gasteiger partial charge in [0.15, 0.2) is 0 Å². The molecule has 4 rings (SSSR count). The number of nitrogens with zero attached hydrogens (tertiary/aromatic N) is 1. The van der Waals surface area contributed by atoms with Gasteiger partial charge >= 0.3 is 0 Å². The molecule has 0 bridgehead atoms. The maximum Gasteiger partial charge on any atom is 0.262 e. The van der Waals surface area contributed by atoms with Crippen LogP contribution in [0.2, 0.25) is 5.02 Å². The SMILES string of the molecule is Cc1nc2c(F)cc(-c3ccc(C(C)(C)O)cc3)cc2c(N[C@@H](c2ccccc2F)C(F)F)c1Cl. The van der Waals surface area contributed by atoms with Crippen LogP contribution in [0.4, 0.5) is 23.2 Å². The Kier molecular flexibility index (Phi) is 6.75. The molecule has 4 aromatic rings. The molecule has 35 heavy (non-hydrogen) atoms.